The molecular formula is C13H21NO5. The summed E-state index contributed by atoms with van der Waals surface area (Å²) in [4.78, 5) is 25.4. The second kappa shape index (κ2) is 5.19. The topological polar surface area (TPSA) is 98.1 Å². The van der Waals surface area contributed by atoms with E-state index in [9.17, 15) is 24.9 Å². The van der Waals surface area contributed by atoms with Crippen molar-refractivity contribution in [1.29, 1.82) is 0 Å². The van der Waals surface area contributed by atoms with Crippen LogP contribution in [0.3, 0.4) is 0 Å². The smallest absolute Gasteiger partial charge is 0.230 e. The third-order valence-electron chi connectivity index (χ3n) is 4.57. The zero-order valence-corrected chi connectivity index (χ0v) is 11.0. The molecule has 1 spiro atoms. The molecule has 0 aromatic heterocycles. The first kappa shape index (κ1) is 14.4. The second-order valence-electron chi connectivity index (χ2n) is 5.88. The zero-order valence-electron chi connectivity index (χ0n) is 11.0. The molecule has 0 atom stereocenters. The zero-order chi connectivity index (χ0) is 14.1. The fraction of sp³-hybridized carbons (Fsp3) is 0.846. The highest BCUT2D eigenvalue weighted by atomic mass is 16.3. The number of hydrogen-bond acceptors (Lipinski definition) is 5. The van der Waals surface area contributed by atoms with Crippen LogP contribution in [0.1, 0.15) is 38.5 Å². The highest BCUT2D eigenvalue weighted by molar-refractivity contribution is 5.99. The van der Waals surface area contributed by atoms with E-state index >= 15 is 0 Å². The van der Waals surface area contributed by atoms with Gasteiger partial charge >= 0.3 is 0 Å². The minimum absolute atomic E-state index is 0.225. The molecule has 2 amide bonds. The monoisotopic (exact) mass is 271 g/mol. The molecule has 1 aliphatic heterocycles. The van der Waals surface area contributed by atoms with Crippen molar-refractivity contribution in [3.8, 4) is 0 Å². The normalized spacial score (nSPS) is 23.4. The molecule has 1 aliphatic carbocycles. The Balaban J connectivity index is 2.24. The fourth-order valence-electron chi connectivity index (χ4n) is 3.37. The molecule has 1 saturated carbocycles. The number of imide groups is 1. The Labute approximate surface area is 112 Å². The Kier molecular flexibility index (Phi) is 3.94. The minimum atomic E-state index is -1.58. The van der Waals surface area contributed by atoms with E-state index in [1.165, 1.54) is 0 Å². The summed E-state index contributed by atoms with van der Waals surface area (Å²) in [6.45, 7) is -1.90. The maximum Gasteiger partial charge on any atom is 0.230 e. The van der Waals surface area contributed by atoms with Crippen LogP contribution in [0.25, 0.3) is 0 Å². The van der Waals surface area contributed by atoms with E-state index in [1.54, 1.807) is 0 Å². The number of likely N-dealkylation sites (tertiary alicyclic amines) is 1. The van der Waals surface area contributed by atoms with Crippen LogP contribution in [-0.2, 0) is 9.59 Å². The van der Waals surface area contributed by atoms with E-state index < -0.39 is 37.2 Å². The van der Waals surface area contributed by atoms with Gasteiger partial charge in [-0.05, 0) is 18.3 Å². The van der Waals surface area contributed by atoms with Gasteiger partial charge in [0.05, 0.1) is 19.8 Å². The van der Waals surface area contributed by atoms with E-state index in [4.69, 9.17) is 0 Å². The van der Waals surface area contributed by atoms with E-state index in [0.717, 1.165) is 30.6 Å². The van der Waals surface area contributed by atoms with Crippen LogP contribution in [0.15, 0.2) is 0 Å². The van der Waals surface area contributed by atoms with Gasteiger partial charge < -0.3 is 15.3 Å². The summed E-state index contributed by atoms with van der Waals surface area (Å²) in [5.41, 5.74) is -1.80. The van der Waals surface area contributed by atoms with Crippen LogP contribution in [0, 0.1) is 5.41 Å². The van der Waals surface area contributed by atoms with E-state index in [1.807, 2.05) is 0 Å². The predicted molar refractivity (Wildman–Crippen MR) is 66.0 cm³/mol. The molecule has 2 aliphatic rings. The lowest BCUT2D eigenvalue weighted by atomic mass is 9.75. The first-order chi connectivity index (χ1) is 9.02. The number of rotatable bonds is 4. The van der Waals surface area contributed by atoms with Gasteiger partial charge in [-0.3, -0.25) is 14.5 Å². The lowest BCUT2D eigenvalue weighted by Crippen LogP contribution is -2.64. The van der Waals surface area contributed by atoms with Crippen molar-refractivity contribution in [1.82, 2.24) is 4.90 Å². The lowest BCUT2D eigenvalue weighted by molar-refractivity contribution is -0.169. The Morgan fingerprint density at radius 2 is 1.37 bits per heavy atom. The average molecular weight is 271 g/mol. The molecule has 0 radical (unpaired) electrons. The molecule has 3 N–H and O–H groups in total. The van der Waals surface area contributed by atoms with Crippen LogP contribution in [0.5, 0.6) is 0 Å². The van der Waals surface area contributed by atoms with Gasteiger partial charge in [-0.1, -0.05) is 12.8 Å². The SMILES string of the molecule is O=C1CC2(CCCC2)CC(=O)N1C(CO)(CO)CO. The van der Waals surface area contributed by atoms with Crippen LogP contribution < -0.4 is 0 Å². The summed E-state index contributed by atoms with van der Waals surface area (Å²) >= 11 is 0. The van der Waals surface area contributed by atoms with Crippen molar-refractivity contribution in [3.05, 3.63) is 0 Å². The van der Waals surface area contributed by atoms with Crippen molar-refractivity contribution >= 4 is 11.8 Å². The Morgan fingerprint density at radius 3 is 1.74 bits per heavy atom. The molecule has 1 saturated heterocycles. The summed E-state index contributed by atoms with van der Waals surface area (Å²) in [6, 6.07) is 0. The standard InChI is InChI=1S/C13H21NO5/c15-7-13(8-16,9-17)14-10(18)5-12(6-11(14)19)3-1-2-4-12/h15-17H,1-9H2. The predicted octanol–water partition coefficient (Wildman–Crippen LogP) is -0.588. The number of carbonyl (C=O) groups is 2. The fourth-order valence-corrected chi connectivity index (χ4v) is 3.37. The summed E-state index contributed by atoms with van der Waals surface area (Å²) in [7, 11) is 0. The summed E-state index contributed by atoms with van der Waals surface area (Å²) < 4.78 is 0. The van der Waals surface area contributed by atoms with Gasteiger partial charge in [-0.15, -0.1) is 0 Å². The summed E-state index contributed by atoms with van der Waals surface area (Å²) in [5, 5.41) is 28.1. The number of carbonyl (C=O) groups excluding carboxylic acids is 2. The quantitative estimate of drug-likeness (QED) is 0.594. The van der Waals surface area contributed by atoms with Crippen LogP contribution in [0.2, 0.25) is 0 Å². The number of hydrogen-bond donors (Lipinski definition) is 3. The van der Waals surface area contributed by atoms with Gasteiger partial charge in [0.25, 0.3) is 0 Å². The molecule has 2 rings (SSSR count). The van der Waals surface area contributed by atoms with Crippen molar-refractivity contribution in [2.24, 2.45) is 5.41 Å². The molecule has 6 nitrogen and oxygen atoms in total. The van der Waals surface area contributed by atoms with Gasteiger partial charge in [0.1, 0.15) is 5.54 Å². The summed E-state index contributed by atoms with van der Waals surface area (Å²) in [6.07, 6.45) is 4.35. The number of amides is 2. The number of aliphatic hydroxyl groups is 3. The van der Waals surface area contributed by atoms with Crippen molar-refractivity contribution < 1.29 is 24.9 Å². The van der Waals surface area contributed by atoms with Crippen molar-refractivity contribution in [2.45, 2.75) is 44.1 Å². The Morgan fingerprint density at radius 1 is 0.947 bits per heavy atom. The first-order valence-electron chi connectivity index (χ1n) is 6.71. The van der Waals surface area contributed by atoms with Crippen LogP contribution in [0.4, 0.5) is 0 Å². The molecule has 108 valence electrons. The largest absolute Gasteiger partial charge is 0.394 e. The molecular weight excluding hydrogens is 250 g/mol. The van der Waals surface area contributed by atoms with Gasteiger partial charge in [-0.25, -0.2) is 0 Å². The molecule has 0 aromatic carbocycles. The van der Waals surface area contributed by atoms with E-state index in [0.29, 0.717) is 0 Å². The molecule has 1 heterocycles. The van der Waals surface area contributed by atoms with Gasteiger partial charge in [0, 0.05) is 12.8 Å². The van der Waals surface area contributed by atoms with Crippen LogP contribution >= 0.6 is 0 Å². The van der Waals surface area contributed by atoms with E-state index in [-0.39, 0.29) is 18.3 Å². The second-order valence-corrected chi connectivity index (χ2v) is 5.88. The van der Waals surface area contributed by atoms with Gasteiger partial charge in [0.15, 0.2) is 0 Å². The minimum Gasteiger partial charge on any atom is -0.394 e. The van der Waals surface area contributed by atoms with Crippen molar-refractivity contribution in [3.63, 3.8) is 0 Å². The van der Waals surface area contributed by atoms with Crippen LogP contribution in [-0.4, -0.2) is 57.4 Å². The molecule has 6 heteroatoms. The maximum absolute atomic E-state index is 12.3. The van der Waals surface area contributed by atoms with Gasteiger partial charge in [0.2, 0.25) is 11.8 Å². The van der Waals surface area contributed by atoms with E-state index in [2.05, 4.69) is 0 Å². The number of piperidine rings is 1. The average Bonchev–Trinajstić information content (AvgIpc) is 2.82. The molecule has 2 fully saturated rings. The Hall–Kier alpha value is -0.980. The molecule has 19 heavy (non-hydrogen) atoms. The van der Waals surface area contributed by atoms with Gasteiger partial charge in [-0.2, -0.15) is 0 Å². The lowest BCUT2D eigenvalue weighted by Gasteiger charge is -2.45. The maximum atomic E-state index is 12.3. The first-order valence-corrected chi connectivity index (χ1v) is 6.71. The third-order valence-corrected chi connectivity index (χ3v) is 4.57. The highest BCUT2D eigenvalue weighted by Gasteiger charge is 2.51. The molecule has 0 aromatic rings. The number of nitrogens with zero attached hydrogens (tertiary/aromatic N) is 1. The number of aliphatic hydroxyl groups excluding tert-OH is 3. The Bertz CT molecular complexity index is 343. The summed E-state index contributed by atoms with van der Waals surface area (Å²) in [5.74, 6) is -0.786. The highest BCUT2D eigenvalue weighted by Crippen LogP contribution is 2.47. The molecule has 0 unspecified atom stereocenters. The van der Waals surface area contributed by atoms with Crippen molar-refractivity contribution in [2.75, 3.05) is 19.8 Å². The molecule has 0 bridgehead atoms. The third kappa shape index (κ3) is 2.28.